The van der Waals surface area contributed by atoms with Crippen LogP contribution in [0.25, 0.3) is 10.9 Å². The first-order valence-corrected chi connectivity index (χ1v) is 10.2. The van der Waals surface area contributed by atoms with E-state index in [9.17, 15) is 14.7 Å². The molecular formula is C25H26N2O4. The number of ketones is 1. The predicted octanol–water partition coefficient (Wildman–Crippen LogP) is 4.69. The fourth-order valence-electron chi connectivity index (χ4n) is 4.11. The quantitative estimate of drug-likeness (QED) is 0.630. The van der Waals surface area contributed by atoms with Crippen molar-refractivity contribution in [2.75, 3.05) is 7.11 Å². The Bertz CT molecular complexity index is 1200. The Labute approximate surface area is 181 Å². The van der Waals surface area contributed by atoms with Gasteiger partial charge in [0.15, 0.2) is 11.5 Å². The Morgan fingerprint density at radius 1 is 1.13 bits per heavy atom. The molecule has 0 saturated heterocycles. The molecule has 31 heavy (non-hydrogen) atoms. The van der Waals surface area contributed by atoms with Crippen molar-refractivity contribution in [3.8, 4) is 5.75 Å². The van der Waals surface area contributed by atoms with Gasteiger partial charge in [0.1, 0.15) is 5.75 Å². The van der Waals surface area contributed by atoms with Gasteiger partial charge in [-0.3, -0.25) is 9.59 Å². The maximum absolute atomic E-state index is 13.4. The minimum Gasteiger partial charge on any atom is -0.503 e. The summed E-state index contributed by atoms with van der Waals surface area (Å²) >= 11 is 0. The van der Waals surface area contributed by atoms with Crippen LogP contribution in [0.1, 0.15) is 37.9 Å². The number of aromatic amines is 1. The first-order valence-electron chi connectivity index (χ1n) is 10.2. The maximum atomic E-state index is 13.4. The Kier molecular flexibility index (Phi) is 5.09. The van der Waals surface area contributed by atoms with E-state index in [0.717, 1.165) is 22.0 Å². The number of ether oxygens (including phenoxy) is 1. The zero-order valence-corrected chi connectivity index (χ0v) is 18.1. The fraction of sp³-hybridized carbons (Fsp3) is 0.280. The molecule has 0 spiro atoms. The molecule has 0 fully saturated rings. The van der Waals surface area contributed by atoms with Crippen molar-refractivity contribution in [3.05, 3.63) is 77.2 Å². The second-order valence-electron chi connectivity index (χ2n) is 8.78. The standard InChI is InChI=1S/C25H26N2O4/c1-25(2,3)23(29)20-21(17-13-26-18-11-7-6-10-16(17)18)27(24(30)22(20)28)14-15-9-5-8-12-19(15)31-4/h5-13,21,26,28H,14H2,1-4H3. The van der Waals surface area contributed by atoms with Crippen molar-refractivity contribution in [3.63, 3.8) is 0 Å². The number of amides is 1. The first-order chi connectivity index (χ1) is 14.7. The number of fused-ring (bicyclic) bond motifs is 1. The molecule has 0 aliphatic carbocycles. The summed E-state index contributed by atoms with van der Waals surface area (Å²) in [6.45, 7) is 5.55. The van der Waals surface area contributed by atoms with Crippen molar-refractivity contribution in [2.24, 2.45) is 5.41 Å². The van der Waals surface area contributed by atoms with Crippen LogP contribution in [0.15, 0.2) is 66.1 Å². The molecule has 2 heterocycles. The highest BCUT2D eigenvalue weighted by molar-refractivity contribution is 6.11. The molecule has 2 N–H and O–H groups in total. The van der Waals surface area contributed by atoms with Gasteiger partial charge in [-0.1, -0.05) is 57.2 Å². The third kappa shape index (κ3) is 3.48. The number of hydrogen-bond donors (Lipinski definition) is 2. The summed E-state index contributed by atoms with van der Waals surface area (Å²) in [5, 5.41) is 11.7. The predicted molar refractivity (Wildman–Crippen MR) is 119 cm³/mol. The van der Waals surface area contributed by atoms with Crippen LogP contribution < -0.4 is 4.74 Å². The van der Waals surface area contributed by atoms with E-state index in [0.29, 0.717) is 5.75 Å². The van der Waals surface area contributed by atoms with Crippen LogP contribution in [0.3, 0.4) is 0 Å². The summed E-state index contributed by atoms with van der Waals surface area (Å²) in [5.74, 6) is -0.655. The number of carbonyl (C=O) groups excluding carboxylic acids is 2. The van der Waals surface area contributed by atoms with Gasteiger partial charge in [-0.2, -0.15) is 0 Å². The van der Waals surface area contributed by atoms with E-state index in [2.05, 4.69) is 4.98 Å². The summed E-state index contributed by atoms with van der Waals surface area (Å²) < 4.78 is 5.46. The number of benzene rings is 2. The number of H-pyrrole nitrogens is 1. The smallest absolute Gasteiger partial charge is 0.290 e. The van der Waals surface area contributed by atoms with Gasteiger partial charge in [-0.15, -0.1) is 0 Å². The Morgan fingerprint density at radius 2 is 1.81 bits per heavy atom. The van der Waals surface area contributed by atoms with Crippen molar-refractivity contribution < 1.29 is 19.4 Å². The lowest BCUT2D eigenvalue weighted by molar-refractivity contribution is -0.130. The Morgan fingerprint density at radius 3 is 2.52 bits per heavy atom. The van der Waals surface area contributed by atoms with Crippen LogP contribution in [0, 0.1) is 5.41 Å². The van der Waals surface area contributed by atoms with Crippen molar-refractivity contribution in [1.82, 2.24) is 9.88 Å². The lowest BCUT2D eigenvalue weighted by Crippen LogP contribution is -2.32. The minimum absolute atomic E-state index is 0.136. The number of aliphatic hydroxyl groups is 1. The van der Waals surface area contributed by atoms with Crippen LogP contribution in [0.5, 0.6) is 5.75 Å². The van der Waals surface area contributed by atoms with Gasteiger partial charge in [-0.25, -0.2) is 0 Å². The van der Waals surface area contributed by atoms with E-state index in [1.165, 1.54) is 0 Å². The second kappa shape index (κ2) is 7.61. The summed E-state index contributed by atoms with van der Waals surface area (Å²) in [6.07, 6.45) is 1.81. The summed E-state index contributed by atoms with van der Waals surface area (Å²) in [5.41, 5.74) is 1.85. The molecule has 3 aromatic rings. The zero-order valence-electron chi connectivity index (χ0n) is 18.1. The highest BCUT2D eigenvalue weighted by atomic mass is 16.5. The molecule has 6 heteroatoms. The molecule has 1 aromatic heterocycles. The van der Waals surface area contributed by atoms with E-state index in [1.54, 1.807) is 32.8 Å². The van der Waals surface area contributed by atoms with Crippen LogP contribution in [0.4, 0.5) is 0 Å². The topological polar surface area (TPSA) is 82.6 Å². The molecule has 0 bridgehead atoms. The van der Waals surface area contributed by atoms with E-state index in [4.69, 9.17) is 4.74 Å². The molecule has 1 aliphatic heterocycles. The van der Waals surface area contributed by atoms with Crippen molar-refractivity contribution >= 4 is 22.6 Å². The molecule has 1 aliphatic rings. The molecule has 1 atom stereocenters. The highest BCUT2D eigenvalue weighted by Crippen LogP contribution is 2.44. The molecular weight excluding hydrogens is 392 g/mol. The van der Waals surface area contributed by atoms with Gasteiger partial charge in [0.05, 0.1) is 25.3 Å². The van der Waals surface area contributed by atoms with E-state index in [-0.39, 0.29) is 17.9 Å². The van der Waals surface area contributed by atoms with E-state index >= 15 is 0 Å². The number of nitrogens with one attached hydrogen (secondary N) is 1. The van der Waals surface area contributed by atoms with Crippen molar-refractivity contribution in [1.29, 1.82) is 0 Å². The molecule has 1 amide bonds. The lowest BCUT2D eigenvalue weighted by Gasteiger charge is -2.29. The Hall–Kier alpha value is -3.54. The summed E-state index contributed by atoms with van der Waals surface area (Å²) in [7, 11) is 1.58. The minimum atomic E-state index is -0.756. The number of aromatic nitrogens is 1. The van der Waals surface area contributed by atoms with Gasteiger partial charge < -0.3 is 19.7 Å². The SMILES string of the molecule is COc1ccccc1CN1C(=O)C(O)=C(C(=O)C(C)(C)C)C1c1c[nH]c2ccccc12. The van der Waals surface area contributed by atoms with Gasteiger partial charge in [0.25, 0.3) is 5.91 Å². The van der Waals surface area contributed by atoms with E-state index < -0.39 is 23.1 Å². The third-order valence-electron chi connectivity index (χ3n) is 5.68. The number of carbonyl (C=O) groups is 2. The van der Waals surface area contributed by atoms with Gasteiger partial charge >= 0.3 is 0 Å². The number of aliphatic hydroxyl groups excluding tert-OH is 1. The molecule has 1 unspecified atom stereocenters. The molecule has 4 rings (SSSR count). The maximum Gasteiger partial charge on any atom is 0.290 e. The van der Waals surface area contributed by atoms with Gasteiger partial charge in [0.2, 0.25) is 0 Å². The summed E-state index contributed by atoms with van der Waals surface area (Å²) in [4.78, 5) is 31.3. The number of methoxy groups -OCH3 is 1. The van der Waals surface area contributed by atoms with Crippen LogP contribution in [0.2, 0.25) is 0 Å². The lowest BCUT2D eigenvalue weighted by atomic mass is 9.82. The molecule has 2 aromatic carbocycles. The second-order valence-corrected chi connectivity index (χ2v) is 8.78. The van der Waals surface area contributed by atoms with E-state index in [1.807, 2.05) is 54.7 Å². The van der Waals surface area contributed by atoms with Crippen LogP contribution >= 0.6 is 0 Å². The largest absolute Gasteiger partial charge is 0.503 e. The zero-order chi connectivity index (χ0) is 22.3. The monoisotopic (exact) mass is 418 g/mol. The van der Waals surface area contributed by atoms with Gasteiger partial charge in [-0.05, 0) is 12.1 Å². The number of Topliss-reactive ketones (excluding diaryl/α,β-unsaturated/α-hetero) is 1. The average Bonchev–Trinajstić information content (AvgIpc) is 3.27. The number of rotatable bonds is 5. The fourth-order valence-corrected chi connectivity index (χ4v) is 4.11. The first kappa shape index (κ1) is 20.7. The number of nitrogens with zero attached hydrogens (tertiary/aromatic N) is 1. The molecule has 0 saturated carbocycles. The molecule has 0 radical (unpaired) electrons. The van der Waals surface area contributed by atoms with Crippen molar-refractivity contribution in [2.45, 2.75) is 33.4 Å². The summed E-state index contributed by atoms with van der Waals surface area (Å²) in [6, 6.07) is 14.4. The number of hydrogen-bond acceptors (Lipinski definition) is 4. The average molecular weight is 418 g/mol. The Balaban J connectivity index is 1.88. The third-order valence-corrected chi connectivity index (χ3v) is 5.68. The molecule has 6 nitrogen and oxygen atoms in total. The van der Waals surface area contributed by atoms with Gasteiger partial charge in [0, 0.05) is 33.6 Å². The highest BCUT2D eigenvalue weighted by Gasteiger charge is 2.46. The van der Waals surface area contributed by atoms with Crippen LogP contribution in [-0.4, -0.2) is 33.8 Å². The molecule has 160 valence electrons. The normalized spacial score (nSPS) is 17.0. The van der Waals surface area contributed by atoms with Crippen LogP contribution in [-0.2, 0) is 16.1 Å². The number of para-hydroxylation sites is 2.